The minimum absolute atomic E-state index is 0.0357. The highest BCUT2D eigenvalue weighted by molar-refractivity contribution is 8.00. The number of nitrogens with zero attached hydrogens (tertiary/aromatic N) is 1. The van der Waals surface area contributed by atoms with Gasteiger partial charge in [0.15, 0.2) is 6.61 Å². The fourth-order valence-corrected chi connectivity index (χ4v) is 5.38. The summed E-state index contributed by atoms with van der Waals surface area (Å²) >= 11 is 1.29. The van der Waals surface area contributed by atoms with E-state index < -0.39 is 24.0 Å². The number of carbonyl (C=O) groups is 3. The summed E-state index contributed by atoms with van der Waals surface area (Å²) in [4.78, 5) is 38.0. The summed E-state index contributed by atoms with van der Waals surface area (Å²) in [6, 6.07) is 9.34. The summed E-state index contributed by atoms with van der Waals surface area (Å²) in [5, 5.41) is 15.2. The molecule has 0 atom stereocenters. The average Bonchev–Trinajstić information content (AvgIpc) is 3.27. The Morgan fingerprint density at radius 1 is 1.00 bits per heavy atom. The summed E-state index contributed by atoms with van der Waals surface area (Å²) in [6.07, 6.45) is 11.1. The first-order valence-electron chi connectivity index (χ1n) is 11.9. The second kappa shape index (κ2) is 12.6. The molecule has 0 aromatic heterocycles. The maximum Gasteiger partial charge on any atom is 0.339 e. The average molecular weight is 472 g/mol. The van der Waals surface area contributed by atoms with E-state index >= 15 is 0 Å². The lowest BCUT2D eigenvalue weighted by Gasteiger charge is -2.21. The number of nitrogens with one attached hydrogen (secondary N) is 2. The van der Waals surface area contributed by atoms with Gasteiger partial charge in [-0.25, -0.2) is 4.79 Å². The van der Waals surface area contributed by atoms with E-state index in [-0.39, 0.29) is 17.7 Å². The van der Waals surface area contributed by atoms with Crippen molar-refractivity contribution >= 4 is 29.5 Å². The van der Waals surface area contributed by atoms with Crippen LogP contribution in [0.15, 0.2) is 29.2 Å². The summed E-state index contributed by atoms with van der Waals surface area (Å²) in [5.74, 6) is -0.917. The van der Waals surface area contributed by atoms with Crippen LogP contribution >= 0.6 is 11.8 Å². The van der Waals surface area contributed by atoms with Gasteiger partial charge in [0.1, 0.15) is 5.54 Å². The first kappa shape index (κ1) is 25.1. The topological polar surface area (TPSA) is 108 Å². The maximum absolute atomic E-state index is 12.6. The normalized spacial score (nSPS) is 18.4. The predicted molar refractivity (Wildman–Crippen MR) is 127 cm³/mol. The minimum atomic E-state index is -0.846. The van der Waals surface area contributed by atoms with Crippen LogP contribution in [0, 0.1) is 11.3 Å². The number of esters is 1. The Morgan fingerprint density at radius 3 is 2.36 bits per heavy atom. The predicted octanol–water partition coefficient (Wildman–Crippen LogP) is 4.12. The van der Waals surface area contributed by atoms with E-state index in [1.165, 1.54) is 31.0 Å². The SMILES string of the molecule is N#CC1(NC(=O)COC(=O)c2ccccc2SCC(=O)NC2CCCCCCC2)CCCC1. The Labute approximate surface area is 200 Å². The van der Waals surface area contributed by atoms with Crippen LogP contribution in [0.2, 0.25) is 0 Å². The molecule has 2 fully saturated rings. The number of hydrogen-bond donors (Lipinski definition) is 2. The number of amides is 2. The van der Waals surface area contributed by atoms with Gasteiger partial charge >= 0.3 is 5.97 Å². The fourth-order valence-electron chi connectivity index (χ4n) is 4.53. The molecule has 2 aliphatic rings. The Balaban J connectivity index is 1.48. The molecule has 0 spiro atoms. The number of nitriles is 1. The van der Waals surface area contributed by atoms with E-state index in [1.54, 1.807) is 24.3 Å². The molecule has 0 radical (unpaired) electrons. The molecule has 178 valence electrons. The minimum Gasteiger partial charge on any atom is -0.452 e. The van der Waals surface area contributed by atoms with E-state index in [4.69, 9.17) is 4.74 Å². The molecule has 0 heterocycles. The van der Waals surface area contributed by atoms with Crippen LogP contribution in [0.1, 0.15) is 81.0 Å². The number of benzene rings is 1. The van der Waals surface area contributed by atoms with E-state index in [1.807, 2.05) is 0 Å². The van der Waals surface area contributed by atoms with Gasteiger partial charge in [0.05, 0.1) is 17.4 Å². The third-order valence-corrected chi connectivity index (χ3v) is 7.39. The van der Waals surface area contributed by atoms with Gasteiger partial charge in [0, 0.05) is 10.9 Å². The van der Waals surface area contributed by atoms with Crippen LogP contribution in [0.5, 0.6) is 0 Å². The lowest BCUT2D eigenvalue weighted by Crippen LogP contribution is -2.46. The Kier molecular flexibility index (Phi) is 9.61. The van der Waals surface area contributed by atoms with Crippen LogP contribution in [-0.4, -0.2) is 41.7 Å². The molecule has 0 bridgehead atoms. The standard InChI is InChI=1S/C25H33N3O4S/c26-18-25(14-8-9-15-25)28-22(29)16-32-24(31)20-12-6-7-13-21(20)33-17-23(30)27-19-10-4-2-1-3-5-11-19/h6-7,12-13,19H,1-5,8-11,14-17H2,(H,27,30)(H,28,29). The van der Waals surface area contributed by atoms with E-state index in [9.17, 15) is 19.6 Å². The van der Waals surface area contributed by atoms with Crippen LogP contribution < -0.4 is 10.6 Å². The number of thioether (sulfide) groups is 1. The van der Waals surface area contributed by atoms with Crippen molar-refractivity contribution in [2.24, 2.45) is 0 Å². The van der Waals surface area contributed by atoms with Crippen LogP contribution in [-0.2, 0) is 14.3 Å². The van der Waals surface area contributed by atoms with Gasteiger partial charge in [0.2, 0.25) is 5.91 Å². The monoisotopic (exact) mass is 471 g/mol. The van der Waals surface area contributed by atoms with Crippen molar-refractivity contribution in [1.82, 2.24) is 10.6 Å². The fraction of sp³-hybridized carbons (Fsp3) is 0.600. The van der Waals surface area contributed by atoms with Gasteiger partial charge in [-0.3, -0.25) is 9.59 Å². The molecule has 3 rings (SSSR count). The van der Waals surface area contributed by atoms with E-state index in [0.717, 1.165) is 38.5 Å². The molecule has 0 aliphatic heterocycles. The molecule has 8 heteroatoms. The number of hydrogen-bond acceptors (Lipinski definition) is 6. The Morgan fingerprint density at radius 2 is 1.67 bits per heavy atom. The van der Waals surface area contributed by atoms with Crippen LogP contribution in [0.3, 0.4) is 0 Å². The zero-order valence-electron chi connectivity index (χ0n) is 19.1. The van der Waals surface area contributed by atoms with Gasteiger partial charge in [-0.05, 0) is 50.7 Å². The number of carbonyl (C=O) groups excluding carboxylic acids is 3. The van der Waals surface area contributed by atoms with E-state index in [2.05, 4.69) is 16.7 Å². The highest BCUT2D eigenvalue weighted by atomic mass is 32.2. The second-order valence-corrected chi connectivity index (χ2v) is 9.94. The van der Waals surface area contributed by atoms with Crippen molar-refractivity contribution in [3.8, 4) is 6.07 Å². The summed E-state index contributed by atoms with van der Waals surface area (Å²) in [7, 11) is 0. The molecule has 2 amide bonds. The lowest BCUT2D eigenvalue weighted by atomic mass is 9.97. The Hall–Kier alpha value is -2.53. The zero-order chi connectivity index (χ0) is 23.5. The quantitative estimate of drug-likeness (QED) is 0.436. The third kappa shape index (κ3) is 7.78. The van der Waals surface area contributed by atoms with Crippen molar-refractivity contribution in [3.05, 3.63) is 29.8 Å². The summed E-state index contributed by atoms with van der Waals surface area (Å²) < 4.78 is 5.21. The van der Waals surface area contributed by atoms with Crippen molar-refractivity contribution in [2.75, 3.05) is 12.4 Å². The van der Waals surface area contributed by atoms with Gasteiger partial charge in [0.25, 0.3) is 5.91 Å². The van der Waals surface area contributed by atoms with Gasteiger partial charge < -0.3 is 15.4 Å². The zero-order valence-corrected chi connectivity index (χ0v) is 19.9. The van der Waals surface area contributed by atoms with Crippen molar-refractivity contribution in [2.45, 2.75) is 87.1 Å². The second-order valence-electron chi connectivity index (χ2n) is 8.92. The Bertz CT molecular complexity index is 869. The molecule has 1 aromatic rings. The molecule has 2 aliphatic carbocycles. The molecule has 33 heavy (non-hydrogen) atoms. The molecular formula is C25H33N3O4S. The number of rotatable bonds is 8. The molecule has 1 aromatic carbocycles. The number of ether oxygens (including phenoxy) is 1. The summed E-state index contributed by atoms with van der Waals surface area (Å²) in [6.45, 7) is -0.441. The van der Waals surface area contributed by atoms with E-state index in [0.29, 0.717) is 23.3 Å². The van der Waals surface area contributed by atoms with Crippen LogP contribution in [0.4, 0.5) is 0 Å². The molecule has 0 unspecified atom stereocenters. The van der Waals surface area contributed by atoms with Gasteiger partial charge in [-0.2, -0.15) is 5.26 Å². The lowest BCUT2D eigenvalue weighted by molar-refractivity contribution is -0.125. The smallest absolute Gasteiger partial charge is 0.339 e. The molecule has 0 saturated heterocycles. The molecular weight excluding hydrogens is 438 g/mol. The highest BCUT2D eigenvalue weighted by Gasteiger charge is 2.35. The first-order chi connectivity index (χ1) is 16.0. The first-order valence-corrected chi connectivity index (χ1v) is 12.9. The van der Waals surface area contributed by atoms with Crippen molar-refractivity contribution in [1.29, 1.82) is 5.26 Å². The largest absolute Gasteiger partial charge is 0.452 e. The van der Waals surface area contributed by atoms with Gasteiger partial charge in [-0.1, -0.05) is 44.2 Å². The van der Waals surface area contributed by atoms with Crippen LogP contribution in [0.25, 0.3) is 0 Å². The highest BCUT2D eigenvalue weighted by Crippen LogP contribution is 2.29. The van der Waals surface area contributed by atoms with Gasteiger partial charge in [-0.15, -0.1) is 11.8 Å². The molecule has 2 N–H and O–H groups in total. The maximum atomic E-state index is 12.6. The van der Waals surface area contributed by atoms with Crippen molar-refractivity contribution in [3.63, 3.8) is 0 Å². The summed E-state index contributed by atoms with van der Waals surface area (Å²) in [5.41, 5.74) is -0.522. The third-order valence-electron chi connectivity index (χ3n) is 6.32. The van der Waals surface area contributed by atoms with Crippen molar-refractivity contribution < 1.29 is 19.1 Å². The molecule has 2 saturated carbocycles. The molecule has 7 nitrogen and oxygen atoms in total.